The summed E-state index contributed by atoms with van der Waals surface area (Å²) in [7, 11) is 0. The van der Waals surface area contributed by atoms with Crippen LogP contribution in [-0.2, 0) is 22.7 Å². The summed E-state index contributed by atoms with van der Waals surface area (Å²) in [5, 5.41) is 4.84. The van der Waals surface area contributed by atoms with Gasteiger partial charge in [0.15, 0.2) is 0 Å². The Labute approximate surface area is 132 Å². The van der Waals surface area contributed by atoms with E-state index >= 15 is 0 Å². The monoisotopic (exact) mass is 318 g/mol. The molecule has 2 aromatic heterocycles. The first-order chi connectivity index (χ1) is 10.6. The maximum absolute atomic E-state index is 12.4. The van der Waals surface area contributed by atoms with Gasteiger partial charge in [-0.3, -0.25) is 9.59 Å². The molecule has 0 saturated carbocycles. The minimum Gasteiger partial charge on any atom is -0.465 e. The summed E-state index contributed by atoms with van der Waals surface area (Å²) in [4.78, 5) is 27.2. The highest BCUT2D eigenvalue weighted by Gasteiger charge is 2.35. The Balaban J connectivity index is 1.61. The van der Waals surface area contributed by atoms with Crippen LogP contribution < -0.4 is 5.32 Å². The van der Waals surface area contributed by atoms with Crippen LogP contribution in [0.15, 0.2) is 34.1 Å². The van der Waals surface area contributed by atoms with Gasteiger partial charge in [0.1, 0.15) is 17.6 Å². The highest BCUT2D eigenvalue weighted by atomic mass is 32.1. The predicted octanol–water partition coefficient (Wildman–Crippen LogP) is 2.46. The molecule has 2 amide bonds. The number of hydrogen-bond donors (Lipinski definition) is 1. The molecule has 6 heteroatoms. The molecule has 0 bridgehead atoms. The lowest BCUT2D eigenvalue weighted by atomic mass is 10.2. The number of thiophene rings is 1. The number of nitrogens with zero attached hydrogens (tertiary/aromatic N) is 1. The number of amides is 2. The van der Waals surface area contributed by atoms with Crippen molar-refractivity contribution in [2.45, 2.75) is 38.9 Å². The van der Waals surface area contributed by atoms with Crippen LogP contribution in [0.4, 0.5) is 0 Å². The SMILES string of the molecule is Cc1ccc(CNC(=O)[C@H]2CCC(=O)N2Cc2cccs2)o1. The number of nitrogens with one attached hydrogen (secondary N) is 1. The number of carbonyl (C=O) groups excluding carboxylic acids is 2. The van der Waals surface area contributed by atoms with Gasteiger partial charge in [0.05, 0.1) is 13.1 Å². The Morgan fingerprint density at radius 1 is 1.45 bits per heavy atom. The summed E-state index contributed by atoms with van der Waals surface area (Å²) in [5.74, 6) is 1.47. The first-order valence-electron chi connectivity index (χ1n) is 7.28. The second-order valence-corrected chi connectivity index (χ2v) is 6.42. The molecule has 1 fully saturated rings. The van der Waals surface area contributed by atoms with E-state index in [4.69, 9.17) is 4.42 Å². The van der Waals surface area contributed by atoms with Gasteiger partial charge in [-0.1, -0.05) is 6.07 Å². The normalized spacial score (nSPS) is 18.0. The Bertz CT molecular complexity index is 663. The third kappa shape index (κ3) is 3.22. The zero-order valence-corrected chi connectivity index (χ0v) is 13.2. The van der Waals surface area contributed by atoms with Gasteiger partial charge >= 0.3 is 0 Å². The largest absolute Gasteiger partial charge is 0.465 e. The third-order valence-corrected chi connectivity index (χ3v) is 4.63. The molecule has 116 valence electrons. The molecule has 3 heterocycles. The number of likely N-dealkylation sites (tertiary alicyclic amines) is 1. The van der Waals surface area contributed by atoms with E-state index in [1.165, 1.54) is 0 Å². The molecule has 22 heavy (non-hydrogen) atoms. The van der Waals surface area contributed by atoms with Crippen molar-refractivity contribution in [3.8, 4) is 0 Å². The van der Waals surface area contributed by atoms with Crippen molar-refractivity contribution in [3.05, 3.63) is 46.0 Å². The second kappa shape index (κ2) is 6.36. The molecular weight excluding hydrogens is 300 g/mol. The zero-order chi connectivity index (χ0) is 15.5. The molecule has 0 radical (unpaired) electrons. The lowest BCUT2D eigenvalue weighted by molar-refractivity contribution is -0.135. The van der Waals surface area contributed by atoms with Crippen LogP contribution >= 0.6 is 11.3 Å². The maximum atomic E-state index is 12.4. The lowest BCUT2D eigenvalue weighted by Gasteiger charge is -2.23. The molecular formula is C16H18N2O3S. The molecule has 1 aliphatic heterocycles. The summed E-state index contributed by atoms with van der Waals surface area (Å²) in [6.07, 6.45) is 1.01. The summed E-state index contributed by atoms with van der Waals surface area (Å²) in [6, 6.07) is 7.26. The molecule has 2 aromatic rings. The molecule has 3 rings (SSSR count). The molecule has 1 N–H and O–H groups in total. The van der Waals surface area contributed by atoms with E-state index in [0.717, 1.165) is 16.4 Å². The van der Waals surface area contributed by atoms with Crippen LogP contribution in [0, 0.1) is 6.92 Å². The van der Waals surface area contributed by atoms with Crippen molar-refractivity contribution >= 4 is 23.2 Å². The first kappa shape index (κ1) is 14.8. The van der Waals surface area contributed by atoms with E-state index in [1.807, 2.05) is 36.6 Å². The van der Waals surface area contributed by atoms with Gasteiger partial charge in [0, 0.05) is 11.3 Å². The van der Waals surface area contributed by atoms with Crippen LogP contribution in [0.5, 0.6) is 0 Å². The van der Waals surface area contributed by atoms with E-state index in [-0.39, 0.29) is 17.9 Å². The lowest BCUT2D eigenvalue weighted by Crippen LogP contribution is -2.43. The van der Waals surface area contributed by atoms with Crippen LogP contribution in [0.25, 0.3) is 0 Å². The van der Waals surface area contributed by atoms with E-state index < -0.39 is 0 Å². The van der Waals surface area contributed by atoms with Gasteiger partial charge in [-0.2, -0.15) is 0 Å². The van der Waals surface area contributed by atoms with Crippen LogP contribution in [0.2, 0.25) is 0 Å². The molecule has 5 nitrogen and oxygen atoms in total. The minimum absolute atomic E-state index is 0.0439. The number of carbonyl (C=O) groups is 2. The minimum atomic E-state index is -0.384. The average molecular weight is 318 g/mol. The third-order valence-electron chi connectivity index (χ3n) is 3.77. The van der Waals surface area contributed by atoms with Crippen LogP contribution in [-0.4, -0.2) is 22.8 Å². The van der Waals surface area contributed by atoms with Gasteiger partial charge in [0.25, 0.3) is 0 Å². The van der Waals surface area contributed by atoms with Gasteiger partial charge in [-0.25, -0.2) is 0 Å². The topological polar surface area (TPSA) is 62.6 Å². The fraction of sp³-hybridized carbons (Fsp3) is 0.375. The Morgan fingerprint density at radius 3 is 3.00 bits per heavy atom. The van der Waals surface area contributed by atoms with Crippen LogP contribution in [0.3, 0.4) is 0 Å². The van der Waals surface area contributed by atoms with E-state index in [2.05, 4.69) is 5.32 Å². The van der Waals surface area contributed by atoms with Gasteiger partial charge in [-0.05, 0) is 36.9 Å². The molecule has 1 atom stereocenters. The summed E-state index contributed by atoms with van der Waals surface area (Å²) in [6.45, 7) is 2.72. The first-order valence-corrected chi connectivity index (χ1v) is 8.16. The number of aryl methyl sites for hydroxylation is 1. The average Bonchev–Trinajstić information content (AvgIpc) is 3.21. The standard InChI is InChI=1S/C16H18N2O3S/c1-11-4-5-12(21-11)9-17-16(20)14-6-7-15(19)18(14)10-13-3-2-8-22-13/h2-5,8,14H,6-7,9-10H2,1H3,(H,17,20)/t14-/m1/s1. The summed E-state index contributed by atoms with van der Waals surface area (Å²) < 4.78 is 5.44. The van der Waals surface area contributed by atoms with Gasteiger partial charge in [-0.15, -0.1) is 11.3 Å². The Hall–Kier alpha value is -2.08. The van der Waals surface area contributed by atoms with Crippen molar-refractivity contribution < 1.29 is 14.0 Å². The molecule has 0 aromatic carbocycles. The van der Waals surface area contributed by atoms with Gasteiger partial charge in [0.2, 0.25) is 11.8 Å². The van der Waals surface area contributed by atoms with Crippen molar-refractivity contribution in [2.75, 3.05) is 0 Å². The van der Waals surface area contributed by atoms with Crippen LogP contribution in [0.1, 0.15) is 29.2 Å². The second-order valence-electron chi connectivity index (χ2n) is 5.39. The zero-order valence-electron chi connectivity index (χ0n) is 12.4. The summed E-state index contributed by atoms with van der Waals surface area (Å²) in [5.41, 5.74) is 0. The highest BCUT2D eigenvalue weighted by molar-refractivity contribution is 7.09. The molecule has 1 aliphatic rings. The fourth-order valence-corrected chi connectivity index (χ4v) is 3.35. The number of hydrogen-bond acceptors (Lipinski definition) is 4. The predicted molar refractivity (Wildman–Crippen MR) is 83.2 cm³/mol. The Kier molecular flexibility index (Phi) is 4.29. The Morgan fingerprint density at radius 2 is 2.32 bits per heavy atom. The highest BCUT2D eigenvalue weighted by Crippen LogP contribution is 2.23. The smallest absolute Gasteiger partial charge is 0.243 e. The van der Waals surface area contributed by atoms with Crippen molar-refractivity contribution in [1.82, 2.24) is 10.2 Å². The fourth-order valence-electron chi connectivity index (χ4n) is 2.65. The molecule has 0 unspecified atom stereocenters. The van der Waals surface area contributed by atoms with E-state index in [1.54, 1.807) is 16.2 Å². The van der Waals surface area contributed by atoms with E-state index in [9.17, 15) is 9.59 Å². The number of rotatable bonds is 5. The van der Waals surface area contributed by atoms with Gasteiger partial charge < -0.3 is 14.6 Å². The summed E-state index contributed by atoms with van der Waals surface area (Å²) >= 11 is 1.60. The quantitative estimate of drug-likeness (QED) is 0.921. The van der Waals surface area contributed by atoms with Crippen molar-refractivity contribution in [1.29, 1.82) is 0 Å². The molecule has 0 aliphatic carbocycles. The van der Waals surface area contributed by atoms with Crippen molar-refractivity contribution in [2.24, 2.45) is 0 Å². The van der Waals surface area contributed by atoms with E-state index in [0.29, 0.717) is 25.9 Å². The molecule has 1 saturated heterocycles. The number of furan rings is 1. The van der Waals surface area contributed by atoms with Crippen molar-refractivity contribution in [3.63, 3.8) is 0 Å². The maximum Gasteiger partial charge on any atom is 0.243 e. The molecule has 0 spiro atoms.